The van der Waals surface area contributed by atoms with Gasteiger partial charge in [-0.2, -0.15) is 0 Å². The van der Waals surface area contributed by atoms with Crippen LogP contribution in [0.3, 0.4) is 0 Å². The number of aryl methyl sites for hydroxylation is 1. The van der Waals surface area contributed by atoms with Crippen LogP contribution < -0.4 is 10.1 Å². The van der Waals surface area contributed by atoms with Crippen molar-refractivity contribution in [2.24, 2.45) is 0 Å². The number of anilines is 1. The summed E-state index contributed by atoms with van der Waals surface area (Å²) in [5.41, 5.74) is 0.617. The van der Waals surface area contributed by atoms with Gasteiger partial charge < -0.3 is 19.4 Å². The highest BCUT2D eigenvalue weighted by atomic mass is 16.5. The Bertz CT molecular complexity index is 693. The number of amides is 2. The van der Waals surface area contributed by atoms with E-state index in [1.54, 1.807) is 50.4 Å². The van der Waals surface area contributed by atoms with Gasteiger partial charge in [0.05, 0.1) is 7.11 Å². The van der Waals surface area contributed by atoms with Crippen molar-refractivity contribution in [3.8, 4) is 5.75 Å². The minimum atomic E-state index is -0.304. The van der Waals surface area contributed by atoms with Crippen LogP contribution in [-0.2, 0) is 4.79 Å². The molecule has 2 amide bonds. The molecule has 6 nitrogen and oxygen atoms in total. The Morgan fingerprint density at radius 1 is 1.26 bits per heavy atom. The second-order valence-corrected chi connectivity index (χ2v) is 5.01. The number of nitrogens with one attached hydrogen (secondary N) is 1. The van der Waals surface area contributed by atoms with Crippen LogP contribution in [-0.4, -0.2) is 36.9 Å². The summed E-state index contributed by atoms with van der Waals surface area (Å²) in [6.45, 7) is 3.94. The first-order valence-corrected chi connectivity index (χ1v) is 7.33. The van der Waals surface area contributed by atoms with Gasteiger partial charge >= 0.3 is 0 Å². The molecule has 2 aromatic rings. The van der Waals surface area contributed by atoms with Crippen LogP contribution in [0.5, 0.6) is 5.75 Å². The number of carbonyl (C=O) groups is 2. The molecule has 6 heteroatoms. The molecule has 0 saturated heterocycles. The second kappa shape index (κ2) is 7.49. The molecule has 0 fully saturated rings. The van der Waals surface area contributed by atoms with E-state index in [2.05, 4.69) is 5.32 Å². The third-order valence-corrected chi connectivity index (χ3v) is 3.31. The minimum absolute atomic E-state index is 0.0493. The van der Waals surface area contributed by atoms with Crippen molar-refractivity contribution >= 4 is 17.5 Å². The minimum Gasteiger partial charge on any atom is -0.497 e. The molecule has 1 heterocycles. The lowest BCUT2D eigenvalue weighted by atomic mass is 10.3. The highest BCUT2D eigenvalue weighted by molar-refractivity contribution is 5.98. The summed E-state index contributed by atoms with van der Waals surface area (Å²) in [5, 5.41) is 2.75. The van der Waals surface area contributed by atoms with Crippen molar-refractivity contribution in [3.63, 3.8) is 0 Å². The Kier molecular flexibility index (Phi) is 5.41. The standard InChI is InChI=1S/C17H20N2O4/c1-4-19(17(21)15-9-8-12(2)23-15)11-16(20)18-13-6-5-7-14(10-13)22-3/h5-10H,4,11H2,1-3H3,(H,18,20). The summed E-state index contributed by atoms with van der Waals surface area (Å²) in [4.78, 5) is 25.9. The van der Waals surface area contributed by atoms with Crippen molar-refractivity contribution in [1.29, 1.82) is 0 Å². The maximum absolute atomic E-state index is 12.3. The topological polar surface area (TPSA) is 71.8 Å². The van der Waals surface area contributed by atoms with Crippen LogP contribution in [0.1, 0.15) is 23.2 Å². The molecular formula is C17H20N2O4. The van der Waals surface area contributed by atoms with Gasteiger partial charge in [0.15, 0.2) is 5.76 Å². The Labute approximate surface area is 135 Å². The number of rotatable bonds is 6. The lowest BCUT2D eigenvalue weighted by molar-refractivity contribution is -0.116. The smallest absolute Gasteiger partial charge is 0.290 e. The number of hydrogen-bond acceptors (Lipinski definition) is 4. The van der Waals surface area contributed by atoms with Crippen LogP contribution in [0.2, 0.25) is 0 Å². The molecule has 23 heavy (non-hydrogen) atoms. The summed E-state index contributed by atoms with van der Waals surface area (Å²) >= 11 is 0. The largest absolute Gasteiger partial charge is 0.497 e. The van der Waals surface area contributed by atoms with Crippen molar-refractivity contribution in [3.05, 3.63) is 47.9 Å². The Morgan fingerprint density at radius 3 is 2.65 bits per heavy atom. The average molecular weight is 316 g/mol. The van der Waals surface area contributed by atoms with E-state index in [-0.39, 0.29) is 24.1 Å². The molecule has 122 valence electrons. The molecule has 0 spiro atoms. The zero-order valence-corrected chi connectivity index (χ0v) is 13.5. The molecule has 2 rings (SSSR count). The molecule has 1 N–H and O–H groups in total. The van der Waals surface area contributed by atoms with E-state index in [4.69, 9.17) is 9.15 Å². The van der Waals surface area contributed by atoms with Crippen LogP contribution in [0, 0.1) is 6.92 Å². The van der Waals surface area contributed by atoms with Gasteiger partial charge in [0.2, 0.25) is 5.91 Å². The fraction of sp³-hybridized carbons (Fsp3) is 0.294. The molecular weight excluding hydrogens is 296 g/mol. The first-order valence-electron chi connectivity index (χ1n) is 7.33. The van der Waals surface area contributed by atoms with E-state index in [0.29, 0.717) is 23.7 Å². The molecule has 0 aliphatic rings. The average Bonchev–Trinajstić information content (AvgIpc) is 2.98. The number of likely N-dealkylation sites (N-methyl/N-ethyl adjacent to an activating group) is 1. The number of benzene rings is 1. The molecule has 0 bridgehead atoms. The maximum atomic E-state index is 12.3. The molecule has 0 atom stereocenters. The zero-order valence-electron chi connectivity index (χ0n) is 13.5. The third-order valence-electron chi connectivity index (χ3n) is 3.31. The first kappa shape index (κ1) is 16.6. The number of ether oxygens (including phenoxy) is 1. The predicted octanol–water partition coefficient (Wildman–Crippen LogP) is 2.70. The van der Waals surface area contributed by atoms with Gasteiger partial charge in [0.25, 0.3) is 5.91 Å². The molecule has 0 unspecified atom stereocenters. The number of nitrogens with zero attached hydrogens (tertiary/aromatic N) is 1. The molecule has 0 aliphatic heterocycles. The van der Waals surface area contributed by atoms with E-state index in [0.717, 1.165) is 0 Å². The fourth-order valence-corrected chi connectivity index (χ4v) is 2.11. The summed E-state index contributed by atoms with van der Waals surface area (Å²) < 4.78 is 10.4. The fourth-order valence-electron chi connectivity index (χ4n) is 2.11. The predicted molar refractivity (Wildman–Crippen MR) is 86.6 cm³/mol. The highest BCUT2D eigenvalue weighted by Gasteiger charge is 2.20. The molecule has 1 aromatic carbocycles. The van der Waals surface area contributed by atoms with Gasteiger partial charge in [0, 0.05) is 18.3 Å². The first-order chi connectivity index (χ1) is 11.0. The van der Waals surface area contributed by atoms with Crippen molar-refractivity contribution in [2.45, 2.75) is 13.8 Å². The molecule has 0 saturated carbocycles. The quantitative estimate of drug-likeness (QED) is 0.889. The summed E-state index contributed by atoms with van der Waals surface area (Å²) in [7, 11) is 1.56. The van der Waals surface area contributed by atoms with Gasteiger partial charge in [0.1, 0.15) is 18.1 Å². The van der Waals surface area contributed by atoms with Crippen LogP contribution >= 0.6 is 0 Å². The summed E-state index contributed by atoms with van der Waals surface area (Å²) in [6, 6.07) is 10.4. The van der Waals surface area contributed by atoms with Crippen molar-refractivity contribution in [1.82, 2.24) is 4.90 Å². The van der Waals surface area contributed by atoms with Crippen molar-refractivity contribution < 1.29 is 18.7 Å². The Hall–Kier alpha value is -2.76. The van der Waals surface area contributed by atoms with Crippen LogP contribution in [0.4, 0.5) is 5.69 Å². The number of hydrogen-bond donors (Lipinski definition) is 1. The van der Waals surface area contributed by atoms with Gasteiger partial charge in [-0.3, -0.25) is 9.59 Å². The lowest BCUT2D eigenvalue weighted by Crippen LogP contribution is -2.37. The molecule has 0 aliphatic carbocycles. The van der Waals surface area contributed by atoms with Gasteiger partial charge in [-0.15, -0.1) is 0 Å². The Balaban J connectivity index is 2.00. The van der Waals surface area contributed by atoms with E-state index in [1.165, 1.54) is 4.90 Å². The maximum Gasteiger partial charge on any atom is 0.290 e. The number of carbonyl (C=O) groups excluding carboxylic acids is 2. The second-order valence-electron chi connectivity index (χ2n) is 5.01. The van der Waals surface area contributed by atoms with Crippen molar-refractivity contribution in [2.75, 3.05) is 25.5 Å². The summed E-state index contributed by atoms with van der Waals surface area (Å²) in [6.07, 6.45) is 0. The van der Waals surface area contributed by atoms with Gasteiger partial charge in [-0.1, -0.05) is 6.07 Å². The highest BCUT2D eigenvalue weighted by Crippen LogP contribution is 2.17. The monoisotopic (exact) mass is 316 g/mol. The third kappa shape index (κ3) is 4.35. The van der Waals surface area contributed by atoms with Gasteiger partial charge in [-0.25, -0.2) is 0 Å². The zero-order chi connectivity index (χ0) is 16.8. The Morgan fingerprint density at radius 2 is 2.04 bits per heavy atom. The van der Waals surface area contributed by atoms with E-state index < -0.39 is 0 Å². The molecule has 1 aromatic heterocycles. The van der Waals surface area contributed by atoms with Gasteiger partial charge in [-0.05, 0) is 38.1 Å². The van der Waals surface area contributed by atoms with E-state index in [9.17, 15) is 9.59 Å². The number of furan rings is 1. The van der Waals surface area contributed by atoms with Crippen LogP contribution in [0.15, 0.2) is 40.8 Å². The number of methoxy groups -OCH3 is 1. The normalized spacial score (nSPS) is 10.2. The summed E-state index contributed by atoms with van der Waals surface area (Å²) in [5.74, 6) is 0.958. The van der Waals surface area contributed by atoms with E-state index in [1.807, 2.05) is 6.92 Å². The molecule has 0 radical (unpaired) electrons. The van der Waals surface area contributed by atoms with E-state index >= 15 is 0 Å². The van der Waals surface area contributed by atoms with Crippen LogP contribution in [0.25, 0.3) is 0 Å². The lowest BCUT2D eigenvalue weighted by Gasteiger charge is -2.19. The SMILES string of the molecule is CCN(CC(=O)Nc1cccc(OC)c1)C(=O)c1ccc(C)o1.